The molecular weight excluding hydrogens is 238 g/mol. The van der Waals surface area contributed by atoms with Gasteiger partial charge in [0.25, 0.3) is 0 Å². The minimum Gasteiger partial charge on any atom is -0.309 e. The summed E-state index contributed by atoms with van der Waals surface area (Å²) in [4.78, 5) is 15.5. The van der Waals surface area contributed by atoms with Crippen LogP contribution in [-0.4, -0.2) is 16.1 Å². The van der Waals surface area contributed by atoms with Crippen molar-refractivity contribution in [3.63, 3.8) is 0 Å². The molecule has 1 aromatic carbocycles. The Hall–Kier alpha value is -1.94. The maximum absolute atomic E-state index is 11.7. The SMILES string of the molecule is CCNC(Cn1cccnc1=O)c1cccc(C)c1. The van der Waals surface area contributed by atoms with Gasteiger partial charge in [0.05, 0.1) is 6.04 Å². The lowest BCUT2D eigenvalue weighted by atomic mass is 10.0. The van der Waals surface area contributed by atoms with Crippen LogP contribution in [0.5, 0.6) is 0 Å². The van der Waals surface area contributed by atoms with Crippen LogP contribution in [0.15, 0.2) is 47.5 Å². The van der Waals surface area contributed by atoms with Gasteiger partial charge < -0.3 is 5.32 Å². The molecule has 0 spiro atoms. The number of nitrogens with zero attached hydrogens (tertiary/aromatic N) is 2. The smallest absolute Gasteiger partial charge is 0.309 e. The van der Waals surface area contributed by atoms with Gasteiger partial charge in [0.2, 0.25) is 0 Å². The van der Waals surface area contributed by atoms with Crippen LogP contribution in [0.3, 0.4) is 0 Å². The molecule has 1 N–H and O–H groups in total. The summed E-state index contributed by atoms with van der Waals surface area (Å²) in [6.45, 7) is 5.58. The van der Waals surface area contributed by atoms with E-state index in [-0.39, 0.29) is 11.7 Å². The molecule has 100 valence electrons. The van der Waals surface area contributed by atoms with E-state index in [1.54, 1.807) is 16.8 Å². The molecule has 0 fully saturated rings. The number of rotatable bonds is 5. The van der Waals surface area contributed by atoms with Crippen LogP contribution < -0.4 is 11.0 Å². The lowest BCUT2D eigenvalue weighted by Gasteiger charge is -2.19. The van der Waals surface area contributed by atoms with Crippen molar-refractivity contribution in [3.05, 3.63) is 64.3 Å². The molecule has 0 saturated carbocycles. The Bertz CT molecular complexity index is 592. The second-order valence-electron chi connectivity index (χ2n) is 4.58. The molecule has 1 atom stereocenters. The van der Waals surface area contributed by atoms with E-state index in [9.17, 15) is 4.79 Å². The molecular formula is C15H19N3O. The maximum Gasteiger partial charge on any atom is 0.347 e. The van der Waals surface area contributed by atoms with Gasteiger partial charge in [-0.3, -0.25) is 4.57 Å². The predicted octanol–water partition coefficient (Wildman–Crippen LogP) is 1.90. The van der Waals surface area contributed by atoms with Crippen LogP contribution in [0, 0.1) is 6.92 Å². The first-order valence-corrected chi connectivity index (χ1v) is 6.52. The fraction of sp³-hybridized carbons (Fsp3) is 0.333. The molecule has 4 nitrogen and oxygen atoms in total. The van der Waals surface area contributed by atoms with E-state index in [1.165, 1.54) is 17.3 Å². The van der Waals surface area contributed by atoms with Gasteiger partial charge in [-0.2, -0.15) is 0 Å². The highest BCUT2D eigenvalue weighted by molar-refractivity contribution is 5.25. The third-order valence-corrected chi connectivity index (χ3v) is 3.06. The van der Waals surface area contributed by atoms with Gasteiger partial charge in [0.15, 0.2) is 0 Å². The molecule has 0 aliphatic carbocycles. The van der Waals surface area contributed by atoms with Crippen LogP contribution in [0.4, 0.5) is 0 Å². The largest absolute Gasteiger partial charge is 0.347 e. The van der Waals surface area contributed by atoms with E-state index in [2.05, 4.69) is 42.3 Å². The van der Waals surface area contributed by atoms with E-state index in [0.29, 0.717) is 6.54 Å². The third-order valence-electron chi connectivity index (χ3n) is 3.06. The van der Waals surface area contributed by atoms with E-state index in [0.717, 1.165) is 6.54 Å². The molecule has 1 unspecified atom stereocenters. The number of aryl methyl sites for hydroxylation is 1. The number of nitrogens with one attached hydrogen (secondary N) is 1. The summed E-state index contributed by atoms with van der Waals surface area (Å²) >= 11 is 0. The molecule has 0 bridgehead atoms. The summed E-state index contributed by atoms with van der Waals surface area (Å²) in [6.07, 6.45) is 3.29. The highest BCUT2D eigenvalue weighted by Gasteiger charge is 2.11. The van der Waals surface area contributed by atoms with Crippen LogP contribution in [0.25, 0.3) is 0 Å². The topological polar surface area (TPSA) is 46.9 Å². The first-order chi connectivity index (χ1) is 9.20. The van der Waals surface area contributed by atoms with Gasteiger partial charge in [0.1, 0.15) is 0 Å². The molecule has 4 heteroatoms. The second kappa shape index (κ2) is 6.29. The molecule has 0 aliphatic rings. The Morgan fingerprint density at radius 3 is 2.89 bits per heavy atom. The number of aromatic nitrogens is 2. The van der Waals surface area contributed by atoms with Crippen LogP contribution in [0.1, 0.15) is 24.1 Å². The maximum atomic E-state index is 11.7. The Kier molecular flexibility index (Phi) is 4.47. The number of hydrogen-bond donors (Lipinski definition) is 1. The van der Waals surface area contributed by atoms with Gasteiger partial charge >= 0.3 is 5.69 Å². The highest BCUT2D eigenvalue weighted by Crippen LogP contribution is 2.15. The molecule has 2 aromatic rings. The van der Waals surface area contributed by atoms with E-state index in [1.807, 2.05) is 6.07 Å². The summed E-state index contributed by atoms with van der Waals surface area (Å²) < 4.78 is 1.63. The predicted molar refractivity (Wildman–Crippen MR) is 76.1 cm³/mol. The van der Waals surface area contributed by atoms with Crippen molar-refractivity contribution >= 4 is 0 Å². The van der Waals surface area contributed by atoms with Crippen LogP contribution in [0.2, 0.25) is 0 Å². The Morgan fingerprint density at radius 1 is 1.37 bits per heavy atom. The van der Waals surface area contributed by atoms with Gasteiger partial charge in [-0.15, -0.1) is 0 Å². The Morgan fingerprint density at radius 2 is 2.21 bits per heavy atom. The summed E-state index contributed by atoms with van der Waals surface area (Å²) in [5.74, 6) is 0. The molecule has 0 radical (unpaired) electrons. The van der Waals surface area contributed by atoms with Crippen molar-refractivity contribution in [2.75, 3.05) is 6.54 Å². The Balaban J connectivity index is 2.26. The minimum atomic E-state index is -0.210. The monoisotopic (exact) mass is 257 g/mol. The summed E-state index contributed by atoms with van der Waals surface area (Å²) in [5.41, 5.74) is 2.20. The van der Waals surface area contributed by atoms with Crippen molar-refractivity contribution in [2.24, 2.45) is 0 Å². The van der Waals surface area contributed by atoms with Crippen molar-refractivity contribution < 1.29 is 0 Å². The highest BCUT2D eigenvalue weighted by atomic mass is 16.1. The molecule has 19 heavy (non-hydrogen) atoms. The fourth-order valence-electron chi connectivity index (χ4n) is 2.14. The number of hydrogen-bond acceptors (Lipinski definition) is 3. The standard InChI is InChI=1S/C15H19N3O/c1-3-16-14(13-7-4-6-12(2)10-13)11-18-9-5-8-17-15(18)19/h4-10,14,16H,3,11H2,1-2H3. The zero-order valence-corrected chi connectivity index (χ0v) is 11.3. The zero-order chi connectivity index (χ0) is 13.7. The van der Waals surface area contributed by atoms with Crippen LogP contribution >= 0.6 is 0 Å². The van der Waals surface area contributed by atoms with Crippen molar-refractivity contribution in [1.82, 2.24) is 14.9 Å². The number of benzene rings is 1. The van der Waals surface area contributed by atoms with Crippen LogP contribution in [-0.2, 0) is 6.54 Å². The zero-order valence-electron chi connectivity index (χ0n) is 11.3. The fourth-order valence-corrected chi connectivity index (χ4v) is 2.14. The van der Waals surface area contributed by atoms with Gasteiger partial charge in [0, 0.05) is 18.9 Å². The van der Waals surface area contributed by atoms with E-state index < -0.39 is 0 Å². The quantitative estimate of drug-likeness (QED) is 0.890. The first-order valence-electron chi connectivity index (χ1n) is 6.52. The minimum absolute atomic E-state index is 0.117. The summed E-state index contributed by atoms with van der Waals surface area (Å²) in [6, 6.07) is 10.2. The van der Waals surface area contributed by atoms with Crippen molar-refractivity contribution in [3.8, 4) is 0 Å². The average Bonchev–Trinajstić information content (AvgIpc) is 2.40. The Labute approximate surface area is 113 Å². The second-order valence-corrected chi connectivity index (χ2v) is 4.58. The van der Waals surface area contributed by atoms with Gasteiger partial charge in [-0.1, -0.05) is 36.8 Å². The first kappa shape index (κ1) is 13.5. The summed E-state index contributed by atoms with van der Waals surface area (Å²) in [5, 5.41) is 3.41. The lowest BCUT2D eigenvalue weighted by Crippen LogP contribution is -2.31. The van der Waals surface area contributed by atoms with Gasteiger partial charge in [-0.05, 0) is 25.1 Å². The van der Waals surface area contributed by atoms with E-state index in [4.69, 9.17) is 0 Å². The molecule has 2 rings (SSSR count). The average molecular weight is 257 g/mol. The third kappa shape index (κ3) is 3.51. The van der Waals surface area contributed by atoms with Gasteiger partial charge in [-0.25, -0.2) is 9.78 Å². The molecule has 0 saturated heterocycles. The molecule has 1 aromatic heterocycles. The molecule has 0 aliphatic heterocycles. The summed E-state index contributed by atoms with van der Waals surface area (Å²) in [7, 11) is 0. The normalized spacial score (nSPS) is 12.3. The molecule has 0 amide bonds. The lowest BCUT2D eigenvalue weighted by molar-refractivity contribution is 0.462. The number of likely N-dealkylation sites (N-methyl/N-ethyl adjacent to an activating group) is 1. The molecule has 1 heterocycles. The van der Waals surface area contributed by atoms with Crippen molar-refractivity contribution in [2.45, 2.75) is 26.4 Å². The van der Waals surface area contributed by atoms with Crippen molar-refractivity contribution in [1.29, 1.82) is 0 Å². The van der Waals surface area contributed by atoms with E-state index >= 15 is 0 Å².